The van der Waals surface area contributed by atoms with Gasteiger partial charge in [0, 0.05) is 26.1 Å². The van der Waals surface area contributed by atoms with Crippen LogP contribution in [0, 0.1) is 5.92 Å². The molecule has 1 atom stereocenters. The highest BCUT2D eigenvalue weighted by atomic mass is 16.7. The summed E-state index contributed by atoms with van der Waals surface area (Å²) in [5, 5.41) is 0. The number of hydrogen-bond acceptors (Lipinski definition) is 3. The summed E-state index contributed by atoms with van der Waals surface area (Å²) in [5.41, 5.74) is 0. The lowest BCUT2D eigenvalue weighted by Gasteiger charge is -2.39. The summed E-state index contributed by atoms with van der Waals surface area (Å²) in [6, 6.07) is 0. The van der Waals surface area contributed by atoms with E-state index < -0.39 is 0 Å². The van der Waals surface area contributed by atoms with Crippen LogP contribution >= 0.6 is 0 Å². The van der Waals surface area contributed by atoms with Gasteiger partial charge in [-0.1, -0.05) is 6.42 Å². The molecule has 1 unspecified atom stereocenters. The van der Waals surface area contributed by atoms with Crippen molar-refractivity contribution in [1.29, 1.82) is 0 Å². The maximum atomic E-state index is 5.81. The Morgan fingerprint density at radius 1 is 1.29 bits per heavy atom. The Hall–Kier alpha value is -0.120. The van der Waals surface area contributed by atoms with E-state index in [1.165, 1.54) is 19.3 Å². The third kappa shape index (κ3) is 1.95. The molecule has 2 rings (SSSR count). The van der Waals surface area contributed by atoms with E-state index in [-0.39, 0.29) is 5.79 Å². The van der Waals surface area contributed by atoms with E-state index in [2.05, 4.69) is 0 Å². The van der Waals surface area contributed by atoms with Crippen molar-refractivity contribution >= 4 is 0 Å². The number of rotatable bonds is 3. The Balaban J connectivity index is 1.95. The van der Waals surface area contributed by atoms with Crippen LogP contribution < -0.4 is 0 Å². The van der Waals surface area contributed by atoms with Gasteiger partial charge in [0.15, 0.2) is 5.79 Å². The molecule has 0 radical (unpaired) electrons. The van der Waals surface area contributed by atoms with Crippen molar-refractivity contribution in [2.45, 2.75) is 37.9 Å². The summed E-state index contributed by atoms with van der Waals surface area (Å²) in [4.78, 5) is 0. The third-order valence-electron chi connectivity index (χ3n) is 3.40. The molecule has 2 aliphatic rings. The Kier molecular flexibility index (Phi) is 3.42. The van der Waals surface area contributed by atoms with Crippen LogP contribution in [0.3, 0.4) is 0 Å². The van der Waals surface area contributed by atoms with Crippen LogP contribution in [0.15, 0.2) is 0 Å². The zero-order chi connectivity index (χ0) is 9.86. The molecule has 2 fully saturated rings. The average Bonchev–Trinajstić information content (AvgIpc) is 2.66. The zero-order valence-electron chi connectivity index (χ0n) is 8.96. The number of methoxy groups -OCH3 is 1. The molecule has 1 aliphatic heterocycles. The fraction of sp³-hybridized carbons (Fsp3) is 1.00. The normalized spacial score (nSPS) is 31.1. The van der Waals surface area contributed by atoms with Crippen LogP contribution in [-0.4, -0.2) is 32.7 Å². The Morgan fingerprint density at radius 2 is 2.07 bits per heavy atom. The lowest BCUT2D eigenvalue weighted by molar-refractivity contribution is -0.215. The summed E-state index contributed by atoms with van der Waals surface area (Å²) in [6.45, 7) is 2.35. The first-order chi connectivity index (χ1) is 6.87. The van der Waals surface area contributed by atoms with E-state index in [1.807, 2.05) is 0 Å². The van der Waals surface area contributed by atoms with Crippen LogP contribution in [0.1, 0.15) is 32.1 Å². The monoisotopic (exact) mass is 200 g/mol. The molecule has 14 heavy (non-hydrogen) atoms. The fourth-order valence-corrected chi connectivity index (χ4v) is 2.66. The van der Waals surface area contributed by atoms with Gasteiger partial charge in [0.2, 0.25) is 0 Å². The van der Waals surface area contributed by atoms with Crippen molar-refractivity contribution in [3.63, 3.8) is 0 Å². The summed E-state index contributed by atoms with van der Waals surface area (Å²) in [7, 11) is 1.76. The van der Waals surface area contributed by atoms with E-state index in [0.29, 0.717) is 5.92 Å². The zero-order valence-corrected chi connectivity index (χ0v) is 8.96. The molecule has 0 N–H and O–H groups in total. The summed E-state index contributed by atoms with van der Waals surface area (Å²) in [6.07, 6.45) is 5.91. The molecule has 1 aliphatic carbocycles. The molecule has 3 nitrogen and oxygen atoms in total. The van der Waals surface area contributed by atoms with Crippen LogP contribution in [-0.2, 0) is 14.2 Å². The van der Waals surface area contributed by atoms with Gasteiger partial charge in [-0.3, -0.25) is 0 Å². The predicted molar refractivity (Wildman–Crippen MR) is 53.1 cm³/mol. The predicted octanol–water partition coefficient (Wildman–Crippen LogP) is 1.96. The average molecular weight is 200 g/mol. The van der Waals surface area contributed by atoms with Crippen molar-refractivity contribution in [2.75, 3.05) is 26.9 Å². The highest BCUT2D eigenvalue weighted by molar-refractivity contribution is 4.86. The fourth-order valence-electron chi connectivity index (χ4n) is 2.66. The van der Waals surface area contributed by atoms with Crippen molar-refractivity contribution in [1.82, 2.24) is 0 Å². The summed E-state index contributed by atoms with van der Waals surface area (Å²) >= 11 is 0. The first kappa shape index (κ1) is 10.4. The van der Waals surface area contributed by atoms with Crippen LogP contribution in [0.5, 0.6) is 0 Å². The van der Waals surface area contributed by atoms with Crippen LogP contribution in [0.25, 0.3) is 0 Å². The van der Waals surface area contributed by atoms with Crippen LogP contribution in [0.4, 0.5) is 0 Å². The quantitative estimate of drug-likeness (QED) is 0.697. The van der Waals surface area contributed by atoms with Gasteiger partial charge < -0.3 is 14.2 Å². The third-order valence-corrected chi connectivity index (χ3v) is 3.40. The minimum Gasteiger partial charge on any atom is -0.385 e. The van der Waals surface area contributed by atoms with Crippen molar-refractivity contribution in [3.8, 4) is 0 Å². The number of hydrogen-bond donors (Lipinski definition) is 0. The van der Waals surface area contributed by atoms with Gasteiger partial charge in [-0.05, 0) is 19.3 Å². The molecular formula is C11H20O3. The smallest absolute Gasteiger partial charge is 0.171 e. The van der Waals surface area contributed by atoms with E-state index in [1.54, 1.807) is 7.11 Å². The highest BCUT2D eigenvalue weighted by Crippen LogP contribution is 2.41. The second-order valence-corrected chi connectivity index (χ2v) is 4.23. The van der Waals surface area contributed by atoms with Gasteiger partial charge in [-0.25, -0.2) is 0 Å². The van der Waals surface area contributed by atoms with Gasteiger partial charge in [-0.15, -0.1) is 0 Å². The highest BCUT2D eigenvalue weighted by Gasteiger charge is 2.45. The van der Waals surface area contributed by atoms with Crippen molar-refractivity contribution < 1.29 is 14.2 Å². The van der Waals surface area contributed by atoms with Crippen molar-refractivity contribution in [2.24, 2.45) is 5.92 Å². The van der Waals surface area contributed by atoms with Crippen molar-refractivity contribution in [3.05, 3.63) is 0 Å². The number of ether oxygens (including phenoxy) is 3. The first-order valence-electron chi connectivity index (χ1n) is 5.64. The van der Waals surface area contributed by atoms with E-state index in [9.17, 15) is 0 Å². The molecule has 0 bridgehead atoms. The Bertz CT molecular complexity index is 175. The Labute approximate surface area is 85.7 Å². The molecule has 1 saturated heterocycles. The second kappa shape index (κ2) is 4.60. The van der Waals surface area contributed by atoms with Gasteiger partial charge in [0.25, 0.3) is 0 Å². The van der Waals surface area contributed by atoms with Gasteiger partial charge in [0.05, 0.1) is 13.2 Å². The molecule has 1 spiro atoms. The summed E-state index contributed by atoms with van der Waals surface area (Å²) in [5.74, 6) is 0.301. The minimum absolute atomic E-state index is 0.239. The minimum atomic E-state index is -0.239. The van der Waals surface area contributed by atoms with Crippen LogP contribution in [0.2, 0.25) is 0 Å². The SMILES string of the molecule is COCCC1CCCCC12OCCO2. The van der Waals surface area contributed by atoms with E-state index >= 15 is 0 Å². The van der Waals surface area contributed by atoms with Gasteiger partial charge >= 0.3 is 0 Å². The van der Waals surface area contributed by atoms with E-state index in [4.69, 9.17) is 14.2 Å². The maximum absolute atomic E-state index is 5.81. The second-order valence-electron chi connectivity index (χ2n) is 4.23. The molecule has 0 aromatic heterocycles. The standard InChI is InChI=1S/C11H20O3/c1-12-7-5-10-4-2-3-6-11(10)13-8-9-14-11/h10H,2-9H2,1H3. The Morgan fingerprint density at radius 3 is 2.79 bits per heavy atom. The molecule has 1 saturated carbocycles. The molecule has 0 amide bonds. The lowest BCUT2D eigenvalue weighted by Crippen LogP contribution is -2.42. The molecule has 0 aromatic carbocycles. The maximum Gasteiger partial charge on any atom is 0.171 e. The van der Waals surface area contributed by atoms with E-state index in [0.717, 1.165) is 32.7 Å². The molecular weight excluding hydrogens is 180 g/mol. The largest absolute Gasteiger partial charge is 0.385 e. The van der Waals surface area contributed by atoms with Gasteiger partial charge in [-0.2, -0.15) is 0 Å². The topological polar surface area (TPSA) is 27.7 Å². The first-order valence-corrected chi connectivity index (χ1v) is 5.64. The van der Waals surface area contributed by atoms with Gasteiger partial charge in [0.1, 0.15) is 0 Å². The summed E-state index contributed by atoms with van der Waals surface area (Å²) < 4.78 is 16.8. The molecule has 1 heterocycles. The molecule has 0 aromatic rings. The lowest BCUT2D eigenvalue weighted by atomic mass is 9.81. The molecule has 3 heteroatoms. The molecule has 82 valence electrons.